The summed E-state index contributed by atoms with van der Waals surface area (Å²) in [5, 5.41) is 12.4. The number of aliphatic hydroxyl groups is 1. The maximum atomic E-state index is 13.0. The Balaban J connectivity index is 1.72. The van der Waals surface area contributed by atoms with E-state index in [4.69, 9.17) is 4.42 Å². The molecule has 1 atom stereocenters. The molecule has 0 aliphatic rings. The molecule has 4 aromatic rings. The molecular weight excluding hydrogens is 483 g/mol. The van der Waals surface area contributed by atoms with Gasteiger partial charge in [-0.1, -0.05) is 70.5 Å². The quantitative estimate of drug-likeness (QED) is 0.296. The van der Waals surface area contributed by atoms with Crippen LogP contribution < -0.4 is 0 Å². The fraction of sp³-hybridized carbons (Fsp3) is 0.200. The Morgan fingerprint density at radius 2 is 1.59 bits per heavy atom. The molecule has 0 amide bonds. The molecule has 4 rings (SSSR count). The van der Waals surface area contributed by atoms with Crippen molar-refractivity contribution in [1.29, 1.82) is 0 Å². The van der Waals surface area contributed by atoms with Gasteiger partial charge in [-0.2, -0.15) is 13.2 Å². The van der Waals surface area contributed by atoms with Gasteiger partial charge in [-0.05, 0) is 46.2 Å². The summed E-state index contributed by atoms with van der Waals surface area (Å²) in [5.41, 5.74) is 1.87. The number of nitrogens with zero attached hydrogens (tertiary/aromatic N) is 1. The van der Waals surface area contributed by atoms with Crippen LogP contribution in [0.2, 0.25) is 0 Å². The van der Waals surface area contributed by atoms with Crippen molar-refractivity contribution >= 4 is 26.7 Å². The highest BCUT2D eigenvalue weighted by Crippen LogP contribution is 2.34. The highest BCUT2D eigenvalue weighted by Gasteiger charge is 2.35. The van der Waals surface area contributed by atoms with Crippen LogP contribution in [-0.2, 0) is 19.3 Å². The monoisotopic (exact) mass is 503 g/mol. The third-order valence-corrected chi connectivity index (χ3v) is 5.92. The minimum atomic E-state index is -4.54. The average Bonchev–Trinajstić information content (AvgIpc) is 3.25. The number of rotatable bonds is 7. The van der Waals surface area contributed by atoms with Gasteiger partial charge in [0.05, 0.1) is 19.2 Å². The zero-order valence-electron chi connectivity index (χ0n) is 17.0. The molecule has 166 valence electrons. The molecule has 32 heavy (non-hydrogen) atoms. The van der Waals surface area contributed by atoms with Gasteiger partial charge in [0, 0.05) is 11.0 Å². The van der Waals surface area contributed by atoms with Crippen molar-refractivity contribution in [1.82, 2.24) is 4.90 Å². The number of furan rings is 1. The smallest absolute Gasteiger partial charge is 0.449 e. The van der Waals surface area contributed by atoms with Gasteiger partial charge < -0.3 is 9.52 Å². The second kappa shape index (κ2) is 9.48. The number of halogens is 4. The topological polar surface area (TPSA) is 36.6 Å². The van der Waals surface area contributed by atoms with E-state index in [-0.39, 0.29) is 18.9 Å². The highest BCUT2D eigenvalue weighted by molar-refractivity contribution is 9.10. The lowest BCUT2D eigenvalue weighted by Crippen LogP contribution is -2.30. The van der Waals surface area contributed by atoms with Crippen molar-refractivity contribution in [3.05, 3.63) is 106 Å². The molecule has 1 heterocycles. The summed E-state index contributed by atoms with van der Waals surface area (Å²) in [6.07, 6.45) is -4.54. The van der Waals surface area contributed by atoms with E-state index in [1.807, 2.05) is 71.6 Å². The molecule has 0 radical (unpaired) electrons. The Kier molecular flexibility index (Phi) is 6.69. The third-order valence-electron chi connectivity index (χ3n) is 5.39. The minimum absolute atomic E-state index is 0.112. The summed E-state index contributed by atoms with van der Waals surface area (Å²) in [6.45, 7) is 0.335. The molecule has 0 saturated heterocycles. The van der Waals surface area contributed by atoms with Crippen LogP contribution in [0.4, 0.5) is 13.2 Å². The Bertz CT molecular complexity index is 1180. The van der Waals surface area contributed by atoms with E-state index in [2.05, 4.69) is 15.9 Å². The van der Waals surface area contributed by atoms with Crippen molar-refractivity contribution in [2.45, 2.75) is 25.3 Å². The zero-order chi connectivity index (χ0) is 22.7. The number of benzene rings is 3. The van der Waals surface area contributed by atoms with Crippen LogP contribution in [0.5, 0.6) is 0 Å². The predicted octanol–water partition coefficient (Wildman–Crippen LogP) is 6.95. The first-order valence-electron chi connectivity index (χ1n) is 10.1. The van der Waals surface area contributed by atoms with Gasteiger partial charge in [-0.3, -0.25) is 4.90 Å². The molecule has 1 unspecified atom stereocenters. The molecular formula is C25H21BrF3NO2. The van der Waals surface area contributed by atoms with E-state index >= 15 is 0 Å². The van der Waals surface area contributed by atoms with E-state index in [0.717, 1.165) is 32.4 Å². The van der Waals surface area contributed by atoms with Gasteiger partial charge in [0.2, 0.25) is 5.76 Å². The molecule has 3 aromatic carbocycles. The van der Waals surface area contributed by atoms with E-state index in [9.17, 15) is 18.3 Å². The maximum Gasteiger partial charge on any atom is 0.449 e. The van der Waals surface area contributed by atoms with Crippen LogP contribution in [0.25, 0.3) is 10.8 Å². The van der Waals surface area contributed by atoms with Crippen molar-refractivity contribution in [2.75, 3.05) is 6.61 Å². The summed E-state index contributed by atoms with van der Waals surface area (Å²) in [4.78, 5) is 1.93. The molecule has 0 spiro atoms. The number of fused-ring (bicyclic) bond motifs is 1. The van der Waals surface area contributed by atoms with Crippen molar-refractivity contribution in [3.8, 4) is 0 Å². The van der Waals surface area contributed by atoms with Crippen LogP contribution in [0.15, 0.2) is 87.8 Å². The van der Waals surface area contributed by atoms with Crippen molar-refractivity contribution in [2.24, 2.45) is 0 Å². The van der Waals surface area contributed by atoms with Crippen LogP contribution in [0, 0.1) is 0 Å². The Hall–Kier alpha value is -2.61. The first-order valence-corrected chi connectivity index (χ1v) is 10.9. The Morgan fingerprint density at radius 3 is 2.28 bits per heavy atom. The lowest BCUT2D eigenvalue weighted by atomic mass is 9.97. The van der Waals surface area contributed by atoms with Crippen LogP contribution >= 0.6 is 15.9 Å². The van der Waals surface area contributed by atoms with Crippen LogP contribution in [0.1, 0.15) is 28.7 Å². The predicted molar refractivity (Wildman–Crippen MR) is 121 cm³/mol. The van der Waals surface area contributed by atoms with Gasteiger partial charge >= 0.3 is 6.18 Å². The molecule has 3 nitrogen and oxygen atoms in total. The molecule has 1 aromatic heterocycles. The summed E-state index contributed by atoms with van der Waals surface area (Å²) in [7, 11) is 0. The minimum Gasteiger partial charge on any atom is -0.455 e. The summed E-state index contributed by atoms with van der Waals surface area (Å²) in [6, 6.07) is 23.3. The van der Waals surface area contributed by atoms with Crippen LogP contribution in [-0.4, -0.2) is 16.6 Å². The van der Waals surface area contributed by atoms with Gasteiger partial charge in [0.1, 0.15) is 5.76 Å². The zero-order valence-corrected chi connectivity index (χ0v) is 18.6. The second-order valence-electron chi connectivity index (χ2n) is 7.56. The van der Waals surface area contributed by atoms with Crippen LogP contribution in [0.3, 0.4) is 0 Å². The number of alkyl halides is 3. The standard InChI is InChI=1S/C25H21BrF3NO2/c26-19-10-8-17(9-11-19)14-30(15-20-12-13-24(32-20)25(27,28)29)23(16-31)22-7-3-5-18-4-1-2-6-21(18)22/h1-13,23,31H,14-16H2. The lowest BCUT2D eigenvalue weighted by Gasteiger charge is -2.31. The van der Waals surface area contributed by atoms with E-state index < -0.39 is 18.0 Å². The normalized spacial score (nSPS) is 13.1. The third kappa shape index (κ3) is 5.06. The molecule has 0 saturated carbocycles. The van der Waals surface area contributed by atoms with E-state index in [1.54, 1.807) is 0 Å². The van der Waals surface area contributed by atoms with Gasteiger partial charge in [-0.25, -0.2) is 0 Å². The molecule has 0 aliphatic heterocycles. The summed E-state index contributed by atoms with van der Waals surface area (Å²) in [5.74, 6) is -0.838. The largest absolute Gasteiger partial charge is 0.455 e. The Labute approximate surface area is 192 Å². The number of aliphatic hydroxyl groups excluding tert-OH is 1. The molecule has 0 aliphatic carbocycles. The second-order valence-corrected chi connectivity index (χ2v) is 8.48. The molecule has 0 bridgehead atoms. The summed E-state index contributed by atoms with van der Waals surface area (Å²) >= 11 is 3.42. The van der Waals surface area contributed by atoms with Gasteiger partial charge in [-0.15, -0.1) is 0 Å². The first kappa shape index (κ1) is 22.6. The van der Waals surface area contributed by atoms with Crippen molar-refractivity contribution < 1.29 is 22.7 Å². The number of hydrogen-bond donors (Lipinski definition) is 1. The van der Waals surface area contributed by atoms with Gasteiger partial charge in [0.15, 0.2) is 0 Å². The van der Waals surface area contributed by atoms with Crippen molar-refractivity contribution in [3.63, 3.8) is 0 Å². The number of hydrogen-bond acceptors (Lipinski definition) is 3. The van der Waals surface area contributed by atoms with E-state index in [0.29, 0.717) is 6.54 Å². The van der Waals surface area contributed by atoms with Gasteiger partial charge in [0.25, 0.3) is 0 Å². The lowest BCUT2D eigenvalue weighted by molar-refractivity contribution is -0.153. The SMILES string of the molecule is OCC(c1cccc2ccccc12)N(Cc1ccc(Br)cc1)Cc1ccc(C(F)(F)F)o1. The summed E-state index contributed by atoms with van der Waals surface area (Å²) < 4.78 is 45.1. The maximum absolute atomic E-state index is 13.0. The van der Waals surface area contributed by atoms with E-state index in [1.165, 1.54) is 6.07 Å². The fourth-order valence-electron chi connectivity index (χ4n) is 3.87. The molecule has 1 N–H and O–H groups in total. The fourth-order valence-corrected chi connectivity index (χ4v) is 4.13. The molecule has 7 heteroatoms. The Morgan fingerprint density at radius 1 is 0.875 bits per heavy atom. The highest BCUT2D eigenvalue weighted by atomic mass is 79.9. The first-order chi connectivity index (χ1) is 15.3. The average molecular weight is 504 g/mol. The molecule has 0 fully saturated rings.